The summed E-state index contributed by atoms with van der Waals surface area (Å²) in [5, 5.41) is 8.72. The molecule has 19 heavy (non-hydrogen) atoms. The van der Waals surface area contributed by atoms with Crippen LogP contribution in [0.25, 0.3) is 0 Å². The van der Waals surface area contributed by atoms with Gasteiger partial charge in [-0.3, -0.25) is 9.69 Å². The van der Waals surface area contributed by atoms with Gasteiger partial charge in [0.1, 0.15) is 0 Å². The second-order valence-electron chi connectivity index (χ2n) is 5.82. The Bertz CT molecular complexity index is 436. The highest BCUT2D eigenvalue weighted by molar-refractivity contribution is 5.66. The third-order valence-electron chi connectivity index (χ3n) is 3.82. The van der Waals surface area contributed by atoms with Crippen molar-refractivity contribution in [3.8, 4) is 0 Å². The molecule has 3 nitrogen and oxygen atoms in total. The van der Waals surface area contributed by atoms with Gasteiger partial charge in [0.25, 0.3) is 0 Å². The fourth-order valence-corrected chi connectivity index (χ4v) is 3.04. The number of carbonyl (C=O) groups is 1. The third-order valence-corrected chi connectivity index (χ3v) is 3.82. The molecule has 0 saturated carbocycles. The maximum Gasteiger partial charge on any atom is 0.303 e. The fraction of sp³-hybridized carbons (Fsp3) is 0.562. The number of carboxylic acids is 1. The van der Waals surface area contributed by atoms with Crippen molar-refractivity contribution >= 4 is 5.97 Å². The van der Waals surface area contributed by atoms with Crippen LogP contribution >= 0.6 is 0 Å². The molecule has 1 aromatic rings. The van der Waals surface area contributed by atoms with E-state index in [0.717, 1.165) is 32.5 Å². The van der Waals surface area contributed by atoms with Gasteiger partial charge in [-0.15, -0.1) is 0 Å². The third kappa shape index (κ3) is 4.35. The van der Waals surface area contributed by atoms with Gasteiger partial charge in [-0.2, -0.15) is 0 Å². The molecule has 1 fully saturated rings. The zero-order valence-electron chi connectivity index (χ0n) is 11.9. The summed E-state index contributed by atoms with van der Waals surface area (Å²) in [5.74, 6) is -0.116. The van der Waals surface area contributed by atoms with Crippen molar-refractivity contribution in [2.75, 3.05) is 13.1 Å². The van der Waals surface area contributed by atoms with Crippen LogP contribution in [0.1, 0.15) is 36.0 Å². The van der Waals surface area contributed by atoms with Gasteiger partial charge in [-0.25, -0.2) is 0 Å². The quantitative estimate of drug-likeness (QED) is 0.885. The molecular formula is C16H23NO2. The van der Waals surface area contributed by atoms with Gasteiger partial charge >= 0.3 is 5.97 Å². The highest BCUT2D eigenvalue weighted by Crippen LogP contribution is 2.23. The molecule has 0 bridgehead atoms. The number of likely N-dealkylation sites (tertiary alicyclic amines) is 1. The number of carboxylic acid groups (broad SMARTS) is 1. The normalized spacial score (nSPS) is 19.8. The van der Waals surface area contributed by atoms with Crippen LogP contribution in [0.15, 0.2) is 18.2 Å². The van der Waals surface area contributed by atoms with Gasteiger partial charge in [-0.1, -0.05) is 29.3 Å². The van der Waals surface area contributed by atoms with Crippen molar-refractivity contribution in [1.29, 1.82) is 0 Å². The molecule has 2 rings (SSSR count). The second-order valence-corrected chi connectivity index (χ2v) is 5.82. The van der Waals surface area contributed by atoms with Crippen molar-refractivity contribution in [2.24, 2.45) is 5.92 Å². The summed E-state index contributed by atoms with van der Waals surface area (Å²) in [4.78, 5) is 13.0. The predicted octanol–water partition coefficient (Wildman–Crippen LogP) is 2.99. The zero-order chi connectivity index (χ0) is 13.8. The average molecular weight is 261 g/mol. The smallest absolute Gasteiger partial charge is 0.303 e. The molecule has 0 spiro atoms. The standard InChI is InChI=1S/C16H23NO2/c1-12-7-13(2)9-15(8-12)11-17-6-5-14(10-17)3-4-16(18)19/h7-9,14H,3-6,10-11H2,1-2H3,(H,18,19). The Morgan fingerprint density at radius 3 is 2.63 bits per heavy atom. The minimum atomic E-state index is -0.673. The number of nitrogens with zero attached hydrogens (tertiary/aromatic N) is 1. The van der Waals surface area contributed by atoms with Crippen LogP contribution in [-0.2, 0) is 11.3 Å². The van der Waals surface area contributed by atoms with Gasteiger partial charge in [0.05, 0.1) is 0 Å². The Labute approximate surface area is 115 Å². The van der Waals surface area contributed by atoms with Crippen LogP contribution in [0.2, 0.25) is 0 Å². The van der Waals surface area contributed by atoms with Gasteiger partial charge in [-0.05, 0) is 44.7 Å². The molecule has 104 valence electrons. The van der Waals surface area contributed by atoms with Crippen molar-refractivity contribution in [3.05, 3.63) is 34.9 Å². The number of hydrogen-bond donors (Lipinski definition) is 1. The fourth-order valence-electron chi connectivity index (χ4n) is 3.04. The first-order valence-electron chi connectivity index (χ1n) is 7.04. The topological polar surface area (TPSA) is 40.5 Å². The second kappa shape index (κ2) is 6.20. The Balaban J connectivity index is 1.86. The number of rotatable bonds is 5. The molecule has 1 aliphatic heterocycles. The highest BCUT2D eigenvalue weighted by Gasteiger charge is 2.22. The van der Waals surface area contributed by atoms with E-state index in [1.54, 1.807) is 0 Å². The largest absolute Gasteiger partial charge is 0.481 e. The Morgan fingerprint density at radius 2 is 2.00 bits per heavy atom. The van der Waals surface area contributed by atoms with E-state index >= 15 is 0 Å². The van der Waals surface area contributed by atoms with E-state index in [0.29, 0.717) is 12.3 Å². The summed E-state index contributed by atoms with van der Waals surface area (Å²) in [7, 11) is 0. The van der Waals surface area contributed by atoms with Crippen LogP contribution in [0, 0.1) is 19.8 Å². The van der Waals surface area contributed by atoms with E-state index < -0.39 is 5.97 Å². The van der Waals surface area contributed by atoms with Gasteiger partial charge in [0.2, 0.25) is 0 Å². The summed E-state index contributed by atoms with van der Waals surface area (Å²) in [6, 6.07) is 6.69. The maximum absolute atomic E-state index is 10.6. The van der Waals surface area contributed by atoms with E-state index in [1.165, 1.54) is 16.7 Å². The molecule has 1 aliphatic rings. The lowest BCUT2D eigenvalue weighted by atomic mass is 10.0. The Morgan fingerprint density at radius 1 is 1.32 bits per heavy atom. The summed E-state index contributed by atoms with van der Waals surface area (Å²) in [5.41, 5.74) is 4.00. The van der Waals surface area contributed by atoms with Crippen molar-refractivity contribution in [1.82, 2.24) is 4.90 Å². The first kappa shape index (κ1) is 14.1. The molecular weight excluding hydrogens is 238 g/mol. The monoisotopic (exact) mass is 261 g/mol. The molecule has 0 amide bonds. The first-order chi connectivity index (χ1) is 9.02. The minimum absolute atomic E-state index is 0.308. The number of aliphatic carboxylic acids is 1. The summed E-state index contributed by atoms with van der Waals surface area (Å²) < 4.78 is 0. The van der Waals surface area contributed by atoms with E-state index in [9.17, 15) is 4.79 Å². The van der Waals surface area contributed by atoms with E-state index in [1.807, 2.05) is 0 Å². The van der Waals surface area contributed by atoms with Crippen molar-refractivity contribution in [2.45, 2.75) is 39.7 Å². The molecule has 0 radical (unpaired) electrons. The lowest BCUT2D eigenvalue weighted by molar-refractivity contribution is -0.137. The predicted molar refractivity (Wildman–Crippen MR) is 76.2 cm³/mol. The van der Waals surface area contributed by atoms with E-state index in [-0.39, 0.29) is 0 Å². The van der Waals surface area contributed by atoms with Crippen molar-refractivity contribution < 1.29 is 9.90 Å². The molecule has 3 heteroatoms. The van der Waals surface area contributed by atoms with Gasteiger partial charge in [0.15, 0.2) is 0 Å². The molecule has 1 heterocycles. The molecule has 1 saturated heterocycles. The maximum atomic E-state index is 10.6. The molecule has 0 aliphatic carbocycles. The van der Waals surface area contributed by atoms with E-state index in [2.05, 4.69) is 36.9 Å². The number of benzene rings is 1. The van der Waals surface area contributed by atoms with Crippen LogP contribution in [0.4, 0.5) is 0 Å². The van der Waals surface area contributed by atoms with Crippen LogP contribution in [0.5, 0.6) is 0 Å². The number of hydrogen-bond acceptors (Lipinski definition) is 2. The van der Waals surface area contributed by atoms with Crippen LogP contribution in [-0.4, -0.2) is 29.1 Å². The summed E-state index contributed by atoms with van der Waals surface area (Å²) in [6.45, 7) is 7.40. The lowest BCUT2D eigenvalue weighted by Crippen LogP contribution is -2.20. The average Bonchev–Trinajstić information content (AvgIpc) is 2.72. The van der Waals surface area contributed by atoms with Crippen LogP contribution in [0.3, 0.4) is 0 Å². The zero-order valence-corrected chi connectivity index (χ0v) is 11.9. The minimum Gasteiger partial charge on any atom is -0.481 e. The van der Waals surface area contributed by atoms with Crippen molar-refractivity contribution in [3.63, 3.8) is 0 Å². The Kier molecular flexibility index (Phi) is 4.59. The first-order valence-corrected chi connectivity index (χ1v) is 7.04. The molecule has 1 aromatic carbocycles. The van der Waals surface area contributed by atoms with Gasteiger partial charge < -0.3 is 5.11 Å². The molecule has 1 N–H and O–H groups in total. The molecule has 1 atom stereocenters. The SMILES string of the molecule is Cc1cc(C)cc(CN2CCC(CCC(=O)O)C2)c1. The lowest BCUT2D eigenvalue weighted by Gasteiger charge is -2.16. The molecule has 0 aromatic heterocycles. The summed E-state index contributed by atoms with van der Waals surface area (Å²) >= 11 is 0. The summed E-state index contributed by atoms with van der Waals surface area (Å²) in [6.07, 6.45) is 2.26. The van der Waals surface area contributed by atoms with E-state index in [4.69, 9.17) is 5.11 Å². The van der Waals surface area contributed by atoms with Crippen LogP contribution < -0.4 is 0 Å². The Hall–Kier alpha value is -1.35. The number of aryl methyl sites for hydroxylation is 2. The highest BCUT2D eigenvalue weighted by atomic mass is 16.4. The van der Waals surface area contributed by atoms with Gasteiger partial charge in [0, 0.05) is 19.5 Å². The molecule has 1 unspecified atom stereocenters.